The number of anilines is 1. The number of hydrogen-bond donors (Lipinski definition) is 1. The van der Waals surface area contributed by atoms with Gasteiger partial charge in [0.2, 0.25) is 0 Å². The van der Waals surface area contributed by atoms with Crippen LogP contribution in [0, 0.1) is 14.9 Å². The molecule has 0 aliphatic carbocycles. The molecule has 7 heteroatoms. The minimum absolute atomic E-state index is 0.0196. The first-order valence-corrected chi connectivity index (χ1v) is 7.72. The van der Waals surface area contributed by atoms with Gasteiger partial charge in [0.25, 0.3) is 10.0 Å². The fourth-order valence-corrected chi connectivity index (χ4v) is 3.08. The van der Waals surface area contributed by atoms with Gasteiger partial charge in [0.1, 0.15) is 16.7 Å². The standard InChI is InChI=1S/C12H8IN3O2S/c13-11-3-1-2-4-12(11)16-19(17,18)10-6-5-9(7-14)15-8-10/h1-6,8,16H. The van der Waals surface area contributed by atoms with E-state index in [0.29, 0.717) is 5.69 Å². The molecule has 0 aliphatic rings. The van der Waals surface area contributed by atoms with Crippen molar-refractivity contribution in [2.75, 3.05) is 4.72 Å². The monoisotopic (exact) mass is 385 g/mol. The van der Waals surface area contributed by atoms with Crippen LogP contribution in [0.5, 0.6) is 0 Å². The summed E-state index contributed by atoms with van der Waals surface area (Å²) in [7, 11) is -3.69. The van der Waals surface area contributed by atoms with E-state index < -0.39 is 10.0 Å². The molecule has 96 valence electrons. The first-order valence-electron chi connectivity index (χ1n) is 5.16. The zero-order valence-corrected chi connectivity index (χ0v) is 12.5. The summed E-state index contributed by atoms with van der Waals surface area (Å²) in [5.41, 5.74) is 0.681. The Labute approximate surface area is 124 Å². The molecular formula is C12H8IN3O2S. The van der Waals surface area contributed by atoms with E-state index in [1.165, 1.54) is 12.1 Å². The van der Waals surface area contributed by atoms with Gasteiger partial charge in [0.15, 0.2) is 0 Å². The Morgan fingerprint density at radius 1 is 1.21 bits per heavy atom. The maximum absolute atomic E-state index is 12.1. The van der Waals surface area contributed by atoms with Crippen LogP contribution in [-0.4, -0.2) is 13.4 Å². The second kappa shape index (κ2) is 5.54. The summed E-state index contributed by atoms with van der Waals surface area (Å²) in [6.07, 6.45) is 1.16. The highest BCUT2D eigenvalue weighted by atomic mass is 127. The van der Waals surface area contributed by atoms with Crippen molar-refractivity contribution in [2.45, 2.75) is 4.90 Å². The largest absolute Gasteiger partial charge is 0.279 e. The lowest BCUT2D eigenvalue weighted by molar-refractivity contribution is 0.601. The van der Waals surface area contributed by atoms with Crippen LogP contribution in [0.3, 0.4) is 0 Å². The summed E-state index contributed by atoms with van der Waals surface area (Å²) in [5, 5.41) is 8.62. The summed E-state index contributed by atoms with van der Waals surface area (Å²) in [4.78, 5) is 3.76. The van der Waals surface area contributed by atoms with Crippen molar-refractivity contribution in [3.05, 3.63) is 51.9 Å². The summed E-state index contributed by atoms with van der Waals surface area (Å²) >= 11 is 2.05. The molecule has 0 spiro atoms. The van der Waals surface area contributed by atoms with Gasteiger partial charge in [-0.2, -0.15) is 5.26 Å². The van der Waals surface area contributed by atoms with E-state index >= 15 is 0 Å². The Hall–Kier alpha value is -1.66. The van der Waals surface area contributed by atoms with Crippen molar-refractivity contribution >= 4 is 38.3 Å². The quantitative estimate of drug-likeness (QED) is 0.823. The molecule has 0 amide bonds. The summed E-state index contributed by atoms with van der Waals surface area (Å²) in [5.74, 6) is 0. The van der Waals surface area contributed by atoms with Crippen LogP contribution in [0.1, 0.15) is 5.69 Å². The number of nitrogens with one attached hydrogen (secondary N) is 1. The first kappa shape index (κ1) is 13.8. The molecule has 1 aromatic carbocycles. The predicted octanol–water partition coefficient (Wildman–Crippen LogP) is 2.36. The number of rotatable bonds is 3. The maximum atomic E-state index is 12.1. The van der Waals surface area contributed by atoms with Crippen molar-refractivity contribution in [2.24, 2.45) is 0 Å². The van der Waals surface area contributed by atoms with Gasteiger partial charge in [-0.3, -0.25) is 4.72 Å². The van der Waals surface area contributed by atoms with Crippen LogP contribution in [0.4, 0.5) is 5.69 Å². The van der Waals surface area contributed by atoms with E-state index in [1.807, 2.05) is 34.7 Å². The number of sulfonamides is 1. The zero-order chi connectivity index (χ0) is 13.9. The molecule has 19 heavy (non-hydrogen) atoms. The lowest BCUT2D eigenvalue weighted by atomic mass is 10.3. The molecular weight excluding hydrogens is 377 g/mol. The van der Waals surface area contributed by atoms with Crippen LogP contribution in [0.15, 0.2) is 47.5 Å². The van der Waals surface area contributed by atoms with Gasteiger partial charge in [0.05, 0.1) is 5.69 Å². The minimum atomic E-state index is -3.69. The van der Waals surface area contributed by atoms with Crippen LogP contribution < -0.4 is 4.72 Å². The third kappa shape index (κ3) is 3.21. The SMILES string of the molecule is N#Cc1ccc(S(=O)(=O)Nc2ccccc2I)cn1. The average Bonchev–Trinajstić information content (AvgIpc) is 2.41. The Balaban J connectivity index is 2.33. The number of halogens is 1. The van der Waals surface area contributed by atoms with Crippen LogP contribution >= 0.6 is 22.6 Å². The van der Waals surface area contributed by atoms with Gasteiger partial charge in [-0.1, -0.05) is 12.1 Å². The van der Waals surface area contributed by atoms with Gasteiger partial charge >= 0.3 is 0 Å². The second-order valence-corrected chi connectivity index (χ2v) is 6.42. The highest BCUT2D eigenvalue weighted by Gasteiger charge is 2.15. The molecule has 0 unspecified atom stereocenters. The van der Waals surface area contributed by atoms with Gasteiger partial charge < -0.3 is 0 Å². The van der Waals surface area contributed by atoms with Gasteiger partial charge in [0, 0.05) is 9.77 Å². The Morgan fingerprint density at radius 2 is 1.95 bits per heavy atom. The highest BCUT2D eigenvalue weighted by Crippen LogP contribution is 2.21. The topological polar surface area (TPSA) is 82.8 Å². The molecule has 0 radical (unpaired) electrons. The molecule has 0 saturated heterocycles. The molecule has 1 aromatic heterocycles. The Morgan fingerprint density at radius 3 is 2.53 bits per heavy atom. The molecule has 0 bridgehead atoms. The van der Waals surface area contributed by atoms with E-state index in [0.717, 1.165) is 9.77 Å². The lowest BCUT2D eigenvalue weighted by Crippen LogP contribution is -2.14. The summed E-state index contributed by atoms with van der Waals surface area (Å²) in [6, 6.07) is 11.6. The van der Waals surface area contributed by atoms with E-state index in [-0.39, 0.29) is 10.6 Å². The smallest absolute Gasteiger partial charge is 0.263 e. The Bertz CT molecular complexity index is 736. The van der Waals surface area contributed by atoms with Gasteiger partial charge in [-0.25, -0.2) is 13.4 Å². The Kier molecular flexibility index (Phi) is 4.01. The van der Waals surface area contributed by atoms with Crippen molar-refractivity contribution in [3.8, 4) is 6.07 Å². The molecule has 0 aliphatic heterocycles. The van der Waals surface area contributed by atoms with Crippen molar-refractivity contribution in [1.29, 1.82) is 5.26 Å². The molecule has 0 atom stereocenters. The van der Waals surface area contributed by atoms with E-state index in [2.05, 4.69) is 9.71 Å². The van der Waals surface area contributed by atoms with Crippen LogP contribution in [0.2, 0.25) is 0 Å². The number of aromatic nitrogens is 1. The van der Waals surface area contributed by atoms with Gasteiger partial charge in [-0.15, -0.1) is 0 Å². The van der Waals surface area contributed by atoms with E-state index in [4.69, 9.17) is 5.26 Å². The minimum Gasteiger partial charge on any atom is -0.279 e. The number of benzene rings is 1. The van der Waals surface area contributed by atoms with Crippen molar-refractivity contribution < 1.29 is 8.42 Å². The van der Waals surface area contributed by atoms with E-state index in [1.54, 1.807) is 18.2 Å². The van der Waals surface area contributed by atoms with Crippen LogP contribution in [0.25, 0.3) is 0 Å². The fraction of sp³-hybridized carbons (Fsp3) is 0. The van der Waals surface area contributed by atoms with Crippen molar-refractivity contribution in [1.82, 2.24) is 4.98 Å². The summed E-state index contributed by atoms with van der Waals surface area (Å²) in [6.45, 7) is 0. The van der Waals surface area contributed by atoms with Gasteiger partial charge in [-0.05, 0) is 46.9 Å². The normalized spacial score (nSPS) is 10.7. The molecule has 0 fully saturated rings. The highest BCUT2D eigenvalue weighted by molar-refractivity contribution is 14.1. The second-order valence-electron chi connectivity index (χ2n) is 3.58. The number of hydrogen-bond acceptors (Lipinski definition) is 4. The number of nitrogens with zero attached hydrogens (tertiary/aromatic N) is 2. The van der Waals surface area contributed by atoms with Crippen LogP contribution in [-0.2, 0) is 10.0 Å². The first-order chi connectivity index (χ1) is 9.03. The predicted molar refractivity (Wildman–Crippen MR) is 78.9 cm³/mol. The molecule has 1 N–H and O–H groups in total. The molecule has 5 nitrogen and oxygen atoms in total. The lowest BCUT2D eigenvalue weighted by Gasteiger charge is -2.09. The molecule has 2 aromatic rings. The van der Waals surface area contributed by atoms with Crippen molar-refractivity contribution in [3.63, 3.8) is 0 Å². The molecule has 0 saturated carbocycles. The number of pyridine rings is 1. The average molecular weight is 385 g/mol. The zero-order valence-electron chi connectivity index (χ0n) is 9.54. The molecule has 2 rings (SSSR count). The third-order valence-corrected chi connectivity index (χ3v) is 4.57. The molecule has 1 heterocycles. The number of para-hydroxylation sites is 1. The fourth-order valence-electron chi connectivity index (χ4n) is 1.35. The van der Waals surface area contributed by atoms with E-state index in [9.17, 15) is 8.42 Å². The summed E-state index contributed by atoms with van der Waals surface area (Å²) < 4.78 is 27.5. The third-order valence-electron chi connectivity index (χ3n) is 2.28. The number of nitriles is 1. The maximum Gasteiger partial charge on any atom is 0.263 e.